The maximum absolute atomic E-state index is 12.4. The van der Waals surface area contributed by atoms with Gasteiger partial charge < -0.3 is 4.79 Å². The second kappa shape index (κ2) is 7.85. The summed E-state index contributed by atoms with van der Waals surface area (Å²) < 4.78 is 15.3. The highest BCUT2D eigenvalue weighted by Crippen LogP contribution is 2.25. The maximum Gasteiger partial charge on any atom is 0.130 e. The molecule has 3 nitrogen and oxygen atoms in total. The molecule has 21 heavy (non-hydrogen) atoms. The van der Waals surface area contributed by atoms with E-state index in [-0.39, 0.29) is 22.5 Å². The molecule has 0 saturated heterocycles. The fourth-order valence-electron chi connectivity index (χ4n) is 2.22. The zero-order valence-corrected chi connectivity index (χ0v) is 14.5. The fraction of sp³-hybridized carbons (Fsp3) is 0.588. The van der Waals surface area contributed by atoms with E-state index in [0.29, 0.717) is 6.42 Å². The van der Waals surface area contributed by atoms with Crippen LogP contribution >= 0.6 is 0 Å². The summed E-state index contributed by atoms with van der Waals surface area (Å²) in [5, 5.41) is 0. The Morgan fingerprint density at radius 3 is 2.29 bits per heavy atom. The molecule has 0 aromatic heterocycles. The highest BCUT2D eigenvalue weighted by molar-refractivity contribution is 7.84. The van der Waals surface area contributed by atoms with Gasteiger partial charge in [0.15, 0.2) is 0 Å². The second-order valence-electron chi connectivity index (χ2n) is 6.71. The highest BCUT2D eigenvalue weighted by atomic mass is 32.2. The van der Waals surface area contributed by atoms with E-state index in [1.165, 1.54) is 0 Å². The molecule has 4 heteroatoms. The molecule has 1 unspecified atom stereocenters. The minimum Gasteiger partial charge on any atom is -0.300 e. The molecule has 1 aromatic rings. The summed E-state index contributed by atoms with van der Waals surface area (Å²) in [5.41, 5.74) is 1.12. The minimum absolute atomic E-state index is 0.000563. The van der Waals surface area contributed by atoms with Gasteiger partial charge in [-0.1, -0.05) is 37.3 Å². The molecule has 0 fully saturated rings. The van der Waals surface area contributed by atoms with Crippen LogP contribution in [0.25, 0.3) is 0 Å². The lowest BCUT2D eigenvalue weighted by molar-refractivity contribution is -0.117. The van der Waals surface area contributed by atoms with Gasteiger partial charge >= 0.3 is 0 Å². The van der Waals surface area contributed by atoms with Gasteiger partial charge in [-0.25, -0.2) is 8.93 Å². The van der Waals surface area contributed by atoms with Crippen molar-refractivity contribution in [2.45, 2.75) is 58.2 Å². The largest absolute Gasteiger partial charge is 0.300 e. The van der Waals surface area contributed by atoms with Crippen LogP contribution in [-0.2, 0) is 15.8 Å². The number of nitrogens with one attached hydrogen (secondary N) is 1. The Morgan fingerprint density at radius 2 is 1.81 bits per heavy atom. The Balaban J connectivity index is 2.86. The zero-order valence-electron chi connectivity index (χ0n) is 13.7. The summed E-state index contributed by atoms with van der Waals surface area (Å²) in [7, 11) is -1.13. The van der Waals surface area contributed by atoms with Gasteiger partial charge in [0, 0.05) is 12.5 Å². The van der Waals surface area contributed by atoms with Gasteiger partial charge in [0.05, 0.1) is 15.7 Å². The Kier molecular flexibility index (Phi) is 6.75. The number of carbonyl (C=O) groups is 1. The lowest BCUT2D eigenvalue weighted by Gasteiger charge is -2.26. The summed E-state index contributed by atoms with van der Waals surface area (Å²) in [6.45, 7) is 9.55. The van der Waals surface area contributed by atoms with E-state index in [9.17, 15) is 9.00 Å². The SMILES string of the molecule is CC(=O)C[C@H](C)C[C@@H](NS(=O)C(C)(C)C)c1ccccc1. The Labute approximate surface area is 131 Å². The first kappa shape index (κ1) is 18.1. The van der Waals surface area contributed by atoms with E-state index in [2.05, 4.69) is 11.6 Å². The van der Waals surface area contributed by atoms with Gasteiger partial charge in [0.1, 0.15) is 5.78 Å². The normalized spacial score (nSPS) is 16.2. The molecule has 118 valence electrons. The molecule has 0 aliphatic rings. The van der Waals surface area contributed by atoms with Crippen molar-refractivity contribution in [3.05, 3.63) is 35.9 Å². The molecule has 3 atom stereocenters. The third-order valence-corrected chi connectivity index (χ3v) is 4.89. The quantitative estimate of drug-likeness (QED) is 0.833. The number of rotatable bonds is 7. The summed E-state index contributed by atoms with van der Waals surface area (Å²) in [6.07, 6.45) is 1.36. The number of ketones is 1. The second-order valence-corrected chi connectivity index (χ2v) is 8.71. The van der Waals surface area contributed by atoms with Crippen molar-refractivity contribution in [1.82, 2.24) is 4.72 Å². The van der Waals surface area contributed by atoms with Crippen molar-refractivity contribution in [1.29, 1.82) is 0 Å². The Bertz CT molecular complexity index is 479. The average Bonchev–Trinajstić information content (AvgIpc) is 2.36. The highest BCUT2D eigenvalue weighted by Gasteiger charge is 2.24. The average molecular weight is 309 g/mol. The van der Waals surface area contributed by atoms with Crippen molar-refractivity contribution >= 4 is 16.8 Å². The van der Waals surface area contributed by atoms with E-state index in [1.54, 1.807) is 6.92 Å². The molecule has 1 N–H and O–H groups in total. The molecule has 0 bridgehead atoms. The lowest BCUT2D eigenvalue weighted by atomic mass is 9.93. The molecule has 0 amide bonds. The number of Topliss-reactive ketones (excluding diaryl/α,β-unsaturated/α-hetero) is 1. The van der Waals surface area contributed by atoms with Gasteiger partial charge in [-0.3, -0.25) is 0 Å². The number of benzene rings is 1. The van der Waals surface area contributed by atoms with Crippen LogP contribution in [0.1, 0.15) is 59.1 Å². The van der Waals surface area contributed by atoms with E-state index >= 15 is 0 Å². The van der Waals surface area contributed by atoms with Crippen molar-refractivity contribution in [3.8, 4) is 0 Å². The van der Waals surface area contributed by atoms with Crippen LogP contribution in [0.15, 0.2) is 30.3 Å². The molecule has 0 aliphatic heterocycles. The van der Waals surface area contributed by atoms with E-state index < -0.39 is 11.0 Å². The molecule has 0 spiro atoms. The monoisotopic (exact) mass is 309 g/mol. The van der Waals surface area contributed by atoms with Crippen LogP contribution in [0.3, 0.4) is 0 Å². The Morgan fingerprint density at radius 1 is 1.24 bits per heavy atom. The molecule has 1 rings (SSSR count). The molecule has 0 radical (unpaired) electrons. The smallest absolute Gasteiger partial charge is 0.130 e. The summed E-state index contributed by atoms with van der Waals surface area (Å²) in [5.74, 6) is 0.462. The lowest BCUT2D eigenvalue weighted by Crippen LogP contribution is -2.36. The predicted molar refractivity (Wildman–Crippen MR) is 89.3 cm³/mol. The first-order valence-corrected chi connectivity index (χ1v) is 8.57. The standard InChI is InChI=1S/C17H27NO2S/c1-13(11-14(2)19)12-16(15-9-7-6-8-10-15)18-21(20)17(3,4)5/h6-10,13,16,18H,11-12H2,1-5H3/t13-,16+,21?/m0/s1. The molecule has 0 aliphatic carbocycles. The van der Waals surface area contributed by atoms with Crippen LogP contribution in [0.2, 0.25) is 0 Å². The van der Waals surface area contributed by atoms with E-state index in [0.717, 1.165) is 12.0 Å². The van der Waals surface area contributed by atoms with Crippen LogP contribution in [0.4, 0.5) is 0 Å². The molecule has 0 heterocycles. The molecule has 1 aromatic carbocycles. The predicted octanol–water partition coefficient (Wildman–Crippen LogP) is 3.78. The maximum atomic E-state index is 12.4. The number of carbonyl (C=O) groups excluding carboxylic acids is 1. The van der Waals surface area contributed by atoms with Gasteiger partial charge in [-0.05, 0) is 45.6 Å². The Hall–Kier alpha value is -1.00. The third-order valence-electron chi connectivity index (χ3n) is 3.28. The van der Waals surface area contributed by atoms with Gasteiger partial charge in [-0.15, -0.1) is 0 Å². The van der Waals surface area contributed by atoms with Crippen LogP contribution in [0, 0.1) is 5.92 Å². The van der Waals surface area contributed by atoms with Crippen molar-refractivity contribution in [3.63, 3.8) is 0 Å². The van der Waals surface area contributed by atoms with E-state index in [4.69, 9.17) is 0 Å². The first-order chi connectivity index (χ1) is 9.70. The van der Waals surface area contributed by atoms with Gasteiger partial charge in [0.25, 0.3) is 0 Å². The van der Waals surface area contributed by atoms with Gasteiger partial charge in [-0.2, -0.15) is 0 Å². The molecular weight excluding hydrogens is 282 g/mol. The molecular formula is C17H27NO2S. The minimum atomic E-state index is -1.13. The summed E-state index contributed by atoms with van der Waals surface area (Å²) in [4.78, 5) is 11.3. The van der Waals surface area contributed by atoms with Crippen LogP contribution < -0.4 is 4.72 Å². The van der Waals surface area contributed by atoms with Crippen molar-refractivity contribution in [2.24, 2.45) is 5.92 Å². The third kappa shape index (κ3) is 6.53. The summed E-state index contributed by atoms with van der Waals surface area (Å²) in [6, 6.07) is 10.0. The fourth-order valence-corrected chi connectivity index (χ4v) is 3.06. The van der Waals surface area contributed by atoms with Crippen molar-refractivity contribution in [2.75, 3.05) is 0 Å². The summed E-state index contributed by atoms with van der Waals surface area (Å²) >= 11 is 0. The van der Waals surface area contributed by atoms with Gasteiger partial charge in [0.2, 0.25) is 0 Å². The number of hydrogen-bond acceptors (Lipinski definition) is 2. The van der Waals surface area contributed by atoms with Crippen LogP contribution in [-0.4, -0.2) is 14.7 Å². The zero-order chi connectivity index (χ0) is 16.0. The van der Waals surface area contributed by atoms with Crippen LogP contribution in [0.5, 0.6) is 0 Å². The molecule has 0 saturated carbocycles. The van der Waals surface area contributed by atoms with Crippen molar-refractivity contribution < 1.29 is 9.00 Å². The topological polar surface area (TPSA) is 46.2 Å². The number of hydrogen-bond donors (Lipinski definition) is 1. The first-order valence-electron chi connectivity index (χ1n) is 7.42. The van der Waals surface area contributed by atoms with E-state index in [1.807, 2.05) is 51.1 Å².